The molecule has 0 aliphatic heterocycles. The number of fused-ring (bicyclic) bond motifs is 1. The summed E-state index contributed by atoms with van der Waals surface area (Å²) < 4.78 is 13.4. The van der Waals surface area contributed by atoms with Crippen LogP contribution in [0.4, 0.5) is 4.39 Å². The molecular weight excluding hydrogens is 155 g/mol. The van der Waals surface area contributed by atoms with Gasteiger partial charge in [0.15, 0.2) is 0 Å². The van der Waals surface area contributed by atoms with E-state index in [0.29, 0.717) is 5.56 Å². The van der Waals surface area contributed by atoms with E-state index >= 15 is 0 Å². The zero-order chi connectivity index (χ0) is 8.55. The van der Waals surface area contributed by atoms with E-state index in [1.54, 1.807) is 6.07 Å². The molecule has 0 heterocycles. The minimum absolute atomic E-state index is 0.187. The third kappa shape index (κ3) is 1.03. The molecule has 2 heteroatoms. The lowest BCUT2D eigenvalue weighted by molar-refractivity contribution is 0.275. The molecule has 0 spiro atoms. The van der Waals surface area contributed by atoms with Crippen LogP contribution >= 0.6 is 0 Å². The summed E-state index contributed by atoms with van der Waals surface area (Å²) in [5.41, 5.74) is 2.36. The van der Waals surface area contributed by atoms with Crippen molar-refractivity contribution < 1.29 is 9.50 Å². The molecule has 0 bridgehead atoms. The number of aliphatic hydroxyl groups is 1. The van der Waals surface area contributed by atoms with E-state index in [2.05, 4.69) is 0 Å². The maximum absolute atomic E-state index is 13.4. The Balaban J connectivity index is 2.54. The Labute approximate surface area is 70.8 Å². The van der Waals surface area contributed by atoms with Gasteiger partial charge in [0.1, 0.15) is 5.82 Å². The lowest BCUT2D eigenvalue weighted by Crippen LogP contribution is -1.95. The van der Waals surface area contributed by atoms with Gasteiger partial charge in [0.25, 0.3) is 0 Å². The van der Waals surface area contributed by atoms with Gasteiger partial charge in [0.2, 0.25) is 0 Å². The minimum Gasteiger partial charge on any atom is -0.392 e. The molecule has 0 fully saturated rings. The number of hydrogen-bond donors (Lipinski definition) is 1. The maximum atomic E-state index is 13.4. The van der Waals surface area contributed by atoms with E-state index < -0.39 is 0 Å². The van der Waals surface area contributed by atoms with Crippen molar-refractivity contribution in [3.8, 4) is 0 Å². The van der Waals surface area contributed by atoms with Gasteiger partial charge >= 0.3 is 0 Å². The molecule has 0 amide bonds. The monoisotopic (exact) mass is 166 g/mol. The first-order valence-corrected chi connectivity index (χ1v) is 4.23. The van der Waals surface area contributed by atoms with Crippen LogP contribution in [0.5, 0.6) is 0 Å². The predicted molar refractivity (Wildman–Crippen MR) is 44.3 cm³/mol. The van der Waals surface area contributed by atoms with Crippen LogP contribution in [0.1, 0.15) is 23.1 Å². The van der Waals surface area contributed by atoms with E-state index in [1.807, 2.05) is 6.07 Å². The Morgan fingerprint density at radius 3 is 2.92 bits per heavy atom. The van der Waals surface area contributed by atoms with Gasteiger partial charge in [-0.15, -0.1) is 0 Å². The van der Waals surface area contributed by atoms with Crippen LogP contribution in [-0.2, 0) is 19.4 Å². The zero-order valence-electron chi connectivity index (χ0n) is 6.81. The Morgan fingerprint density at radius 2 is 2.17 bits per heavy atom. The average Bonchev–Trinajstić information content (AvgIpc) is 2.53. The van der Waals surface area contributed by atoms with Gasteiger partial charge in [0, 0.05) is 5.56 Å². The second kappa shape index (κ2) is 2.87. The number of benzene rings is 1. The highest BCUT2D eigenvalue weighted by Gasteiger charge is 2.16. The van der Waals surface area contributed by atoms with Crippen LogP contribution in [0.2, 0.25) is 0 Å². The topological polar surface area (TPSA) is 20.2 Å². The van der Waals surface area contributed by atoms with Gasteiger partial charge in [0.05, 0.1) is 6.61 Å². The lowest BCUT2D eigenvalue weighted by atomic mass is 10.1. The number of halogens is 1. The SMILES string of the molecule is OCc1ccc2c(c1F)CCC2. The molecule has 0 atom stereocenters. The van der Waals surface area contributed by atoms with Crippen molar-refractivity contribution >= 4 is 0 Å². The average molecular weight is 166 g/mol. The van der Waals surface area contributed by atoms with Crippen LogP contribution in [0.25, 0.3) is 0 Å². The van der Waals surface area contributed by atoms with Crippen LogP contribution in [0.15, 0.2) is 12.1 Å². The zero-order valence-corrected chi connectivity index (χ0v) is 6.81. The summed E-state index contributed by atoms with van der Waals surface area (Å²) in [6.45, 7) is -0.195. The lowest BCUT2D eigenvalue weighted by Gasteiger charge is -2.04. The van der Waals surface area contributed by atoms with E-state index in [-0.39, 0.29) is 12.4 Å². The van der Waals surface area contributed by atoms with Gasteiger partial charge in [-0.2, -0.15) is 0 Å². The number of rotatable bonds is 1. The molecule has 0 aromatic heterocycles. The van der Waals surface area contributed by atoms with Gasteiger partial charge in [-0.05, 0) is 30.4 Å². The standard InChI is InChI=1S/C10H11FO/c11-10-8(6-12)5-4-7-2-1-3-9(7)10/h4-5,12H,1-3,6H2. The molecule has 1 N–H and O–H groups in total. The summed E-state index contributed by atoms with van der Waals surface area (Å²) in [5.74, 6) is -0.187. The molecule has 1 aromatic rings. The van der Waals surface area contributed by atoms with Gasteiger partial charge in [-0.3, -0.25) is 0 Å². The van der Waals surface area contributed by atoms with E-state index in [0.717, 1.165) is 30.4 Å². The van der Waals surface area contributed by atoms with Crippen molar-refractivity contribution in [1.82, 2.24) is 0 Å². The predicted octanol–water partition coefficient (Wildman–Crippen LogP) is 1.81. The van der Waals surface area contributed by atoms with Gasteiger partial charge in [-0.25, -0.2) is 4.39 Å². The molecule has 0 unspecified atom stereocenters. The van der Waals surface area contributed by atoms with Gasteiger partial charge in [-0.1, -0.05) is 12.1 Å². The molecule has 64 valence electrons. The summed E-state index contributed by atoms with van der Waals surface area (Å²) in [5, 5.41) is 8.81. The smallest absolute Gasteiger partial charge is 0.132 e. The first kappa shape index (κ1) is 7.74. The fourth-order valence-corrected chi connectivity index (χ4v) is 1.79. The van der Waals surface area contributed by atoms with E-state index in [9.17, 15) is 4.39 Å². The Hall–Kier alpha value is -0.890. The maximum Gasteiger partial charge on any atom is 0.132 e. The Bertz CT molecular complexity index is 307. The van der Waals surface area contributed by atoms with Gasteiger partial charge < -0.3 is 5.11 Å². The molecule has 0 radical (unpaired) electrons. The first-order valence-electron chi connectivity index (χ1n) is 4.23. The van der Waals surface area contributed by atoms with E-state index in [4.69, 9.17) is 5.11 Å². The molecule has 0 saturated carbocycles. The molecule has 2 rings (SSSR count). The van der Waals surface area contributed by atoms with Crippen molar-refractivity contribution in [2.24, 2.45) is 0 Å². The van der Waals surface area contributed by atoms with Crippen molar-refractivity contribution in [3.63, 3.8) is 0 Å². The fourth-order valence-electron chi connectivity index (χ4n) is 1.79. The molecule has 1 aliphatic carbocycles. The minimum atomic E-state index is -0.195. The van der Waals surface area contributed by atoms with Crippen LogP contribution in [-0.4, -0.2) is 5.11 Å². The van der Waals surface area contributed by atoms with Crippen LogP contribution in [0, 0.1) is 5.82 Å². The molecule has 12 heavy (non-hydrogen) atoms. The highest BCUT2D eigenvalue weighted by molar-refractivity contribution is 5.36. The first-order chi connectivity index (χ1) is 5.83. The number of hydrogen-bond acceptors (Lipinski definition) is 1. The van der Waals surface area contributed by atoms with Crippen LogP contribution in [0.3, 0.4) is 0 Å². The van der Waals surface area contributed by atoms with Crippen molar-refractivity contribution in [3.05, 3.63) is 34.6 Å². The third-order valence-corrected chi connectivity index (χ3v) is 2.46. The molecule has 1 aliphatic rings. The summed E-state index contributed by atoms with van der Waals surface area (Å²) >= 11 is 0. The summed E-state index contributed by atoms with van der Waals surface area (Å²) in [6, 6.07) is 3.61. The highest BCUT2D eigenvalue weighted by Crippen LogP contribution is 2.26. The van der Waals surface area contributed by atoms with Crippen LogP contribution < -0.4 is 0 Å². The summed E-state index contributed by atoms with van der Waals surface area (Å²) in [7, 11) is 0. The third-order valence-electron chi connectivity index (χ3n) is 2.46. The summed E-state index contributed by atoms with van der Waals surface area (Å²) in [6.07, 6.45) is 2.86. The molecule has 1 aromatic carbocycles. The second-order valence-corrected chi connectivity index (χ2v) is 3.19. The molecule has 1 nitrogen and oxygen atoms in total. The highest BCUT2D eigenvalue weighted by atomic mass is 19.1. The normalized spacial score (nSPS) is 14.8. The second-order valence-electron chi connectivity index (χ2n) is 3.19. The van der Waals surface area contributed by atoms with E-state index in [1.165, 1.54) is 0 Å². The quantitative estimate of drug-likeness (QED) is 0.674. The largest absolute Gasteiger partial charge is 0.392 e. The summed E-state index contributed by atoms with van der Waals surface area (Å²) in [4.78, 5) is 0. The Kier molecular flexibility index (Phi) is 1.85. The number of aryl methyl sites for hydroxylation is 1. The van der Waals surface area contributed by atoms with Crippen molar-refractivity contribution in [2.45, 2.75) is 25.9 Å². The fraction of sp³-hybridized carbons (Fsp3) is 0.400. The van der Waals surface area contributed by atoms with Crippen molar-refractivity contribution in [2.75, 3.05) is 0 Å². The number of aliphatic hydroxyl groups excluding tert-OH is 1. The Morgan fingerprint density at radius 1 is 1.33 bits per heavy atom. The molecule has 0 saturated heterocycles. The van der Waals surface area contributed by atoms with Crippen molar-refractivity contribution in [1.29, 1.82) is 0 Å². The molecular formula is C10H11FO.